The third kappa shape index (κ3) is 3.30. The predicted octanol–water partition coefficient (Wildman–Crippen LogP) is 5.29. The summed E-state index contributed by atoms with van der Waals surface area (Å²) in [5.41, 5.74) is 2.22. The highest BCUT2D eigenvalue weighted by Gasteiger charge is 2.55. The van der Waals surface area contributed by atoms with E-state index in [-0.39, 0.29) is 0 Å². The molecule has 1 saturated heterocycles. The molecular weight excluding hydrogens is 274 g/mol. The van der Waals surface area contributed by atoms with Crippen LogP contribution < -0.4 is 0 Å². The lowest BCUT2D eigenvalue weighted by molar-refractivity contribution is -0.115. The Morgan fingerprint density at radius 3 is 2.57 bits per heavy atom. The van der Waals surface area contributed by atoms with Gasteiger partial charge in [-0.15, -0.1) is 0 Å². The molecule has 5 unspecified atom stereocenters. The molecule has 3 fully saturated rings. The second-order valence-electron chi connectivity index (χ2n) is 10.5. The molecule has 0 amide bonds. The van der Waals surface area contributed by atoms with E-state index in [1.165, 1.54) is 71.4 Å². The molecule has 1 heterocycles. The van der Waals surface area contributed by atoms with Gasteiger partial charge in [-0.05, 0) is 60.2 Å². The normalized spacial score (nSPS) is 51.4. The third-order valence-electron chi connectivity index (χ3n) is 9.11. The summed E-state index contributed by atoms with van der Waals surface area (Å²) in [4.78, 5) is 0. The van der Waals surface area contributed by atoms with Crippen LogP contribution in [-0.4, -0.2) is 15.1 Å². The fourth-order valence-electron chi connectivity index (χ4n) is 7.22. The standard InChI is InChI=1S/C21H40B2/c1-15-7-5-9-18-20(15,3)11-10-16(2)21(18,4)14-17-8-6-12-23-19(22)13-17/h15-19,23H,5-14,22H2,1-4H3/t15?,16-,17?,18?,19?,20-,21?/m0/s1. The first-order chi connectivity index (χ1) is 10.9. The van der Waals surface area contributed by atoms with Crippen LogP contribution in [0.5, 0.6) is 0 Å². The zero-order chi connectivity index (χ0) is 16.7. The van der Waals surface area contributed by atoms with Gasteiger partial charge in [0, 0.05) is 0 Å². The Balaban J connectivity index is 1.81. The lowest BCUT2D eigenvalue weighted by atomic mass is 9.44. The lowest BCUT2D eigenvalue weighted by Crippen LogP contribution is -2.53. The van der Waals surface area contributed by atoms with Crippen molar-refractivity contribution >= 4 is 15.1 Å². The molecule has 0 radical (unpaired) electrons. The van der Waals surface area contributed by atoms with Crippen LogP contribution in [0.4, 0.5) is 0 Å². The maximum Gasteiger partial charge on any atom is 0.115 e. The predicted molar refractivity (Wildman–Crippen MR) is 107 cm³/mol. The summed E-state index contributed by atoms with van der Waals surface area (Å²) in [6.07, 6.45) is 15.0. The molecule has 0 aromatic heterocycles. The smallest absolute Gasteiger partial charge is 0.0924 e. The Morgan fingerprint density at radius 1 is 1.00 bits per heavy atom. The largest absolute Gasteiger partial charge is 0.115 e. The highest BCUT2D eigenvalue weighted by Crippen LogP contribution is 2.63. The molecule has 0 aromatic carbocycles. The Labute approximate surface area is 147 Å². The van der Waals surface area contributed by atoms with E-state index in [1.807, 2.05) is 0 Å². The van der Waals surface area contributed by atoms with Gasteiger partial charge in [0.15, 0.2) is 0 Å². The second-order valence-corrected chi connectivity index (χ2v) is 10.5. The van der Waals surface area contributed by atoms with E-state index >= 15 is 0 Å². The molecule has 2 heteroatoms. The molecule has 0 spiro atoms. The minimum Gasteiger partial charge on any atom is -0.0924 e. The van der Waals surface area contributed by atoms with Gasteiger partial charge in [-0.3, -0.25) is 0 Å². The first-order valence-electron chi connectivity index (χ1n) is 10.9. The summed E-state index contributed by atoms with van der Waals surface area (Å²) < 4.78 is 0. The summed E-state index contributed by atoms with van der Waals surface area (Å²) in [5.74, 6) is 3.88. The Morgan fingerprint density at radius 2 is 1.78 bits per heavy atom. The molecule has 3 rings (SSSR count). The average Bonchev–Trinajstić information content (AvgIpc) is 2.70. The second kappa shape index (κ2) is 6.80. The maximum absolute atomic E-state index is 2.72. The van der Waals surface area contributed by atoms with E-state index in [0.717, 1.165) is 29.4 Å². The first kappa shape index (κ1) is 17.9. The molecule has 2 saturated carbocycles. The molecule has 7 atom stereocenters. The van der Waals surface area contributed by atoms with Crippen LogP contribution in [0.3, 0.4) is 0 Å². The monoisotopic (exact) mass is 314 g/mol. The van der Waals surface area contributed by atoms with Crippen molar-refractivity contribution in [3.8, 4) is 0 Å². The SMILES string of the molecule is BC1BCCCC(CC2(C)C3CCCC(C)[C@]3(C)CC[C@@H]2C)C1. The van der Waals surface area contributed by atoms with E-state index in [4.69, 9.17) is 0 Å². The quantitative estimate of drug-likeness (QED) is 0.608. The van der Waals surface area contributed by atoms with Crippen LogP contribution in [0.2, 0.25) is 12.0 Å². The molecule has 0 N–H and O–H groups in total. The topological polar surface area (TPSA) is 0 Å². The fourth-order valence-corrected chi connectivity index (χ4v) is 7.22. The van der Waals surface area contributed by atoms with Crippen molar-refractivity contribution in [1.29, 1.82) is 0 Å². The molecular formula is C21H40B2. The zero-order valence-electron chi connectivity index (χ0n) is 16.7. The van der Waals surface area contributed by atoms with Crippen molar-refractivity contribution in [3.63, 3.8) is 0 Å². The van der Waals surface area contributed by atoms with Crippen molar-refractivity contribution in [1.82, 2.24) is 0 Å². The fraction of sp³-hybridized carbons (Fsp3) is 1.00. The van der Waals surface area contributed by atoms with Gasteiger partial charge < -0.3 is 0 Å². The molecule has 1 aliphatic heterocycles. The van der Waals surface area contributed by atoms with Gasteiger partial charge in [0.25, 0.3) is 0 Å². The van der Waals surface area contributed by atoms with Crippen molar-refractivity contribution in [2.75, 3.05) is 0 Å². The summed E-state index contributed by atoms with van der Waals surface area (Å²) in [7, 11) is 4.00. The highest BCUT2D eigenvalue weighted by atomic mass is 14.6. The molecule has 0 bridgehead atoms. The summed E-state index contributed by atoms with van der Waals surface area (Å²) in [6, 6.07) is 0. The van der Waals surface area contributed by atoms with E-state index in [2.05, 4.69) is 35.5 Å². The summed E-state index contributed by atoms with van der Waals surface area (Å²) >= 11 is 0. The van der Waals surface area contributed by atoms with Gasteiger partial charge in [0.05, 0.1) is 7.85 Å². The first-order valence-corrected chi connectivity index (χ1v) is 10.9. The molecule has 0 aromatic rings. The van der Waals surface area contributed by atoms with Gasteiger partial charge in [-0.1, -0.05) is 71.8 Å². The summed E-state index contributed by atoms with van der Waals surface area (Å²) in [6.45, 7) is 10.5. The number of rotatable bonds is 2. The van der Waals surface area contributed by atoms with Crippen LogP contribution in [0, 0.1) is 34.5 Å². The lowest BCUT2D eigenvalue weighted by Gasteiger charge is -2.61. The molecule has 130 valence electrons. The minimum absolute atomic E-state index is 0.608. The maximum atomic E-state index is 2.72. The van der Waals surface area contributed by atoms with Crippen LogP contribution in [0.25, 0.3) is 0 Å². The number of fused-ring (bicyclic) bond motifs is 1. The van der Waals surface area contributed by atoms with E-state index in [0.29, 0.717) is 10.8 Å². The number of hydrogen-bond donors (Lipinski definition) is 0. The van der Waals surface area contributed by atoms with Gasteiger partial charge in [0.2, 0.25) is 0 Å². The summed E-state index contributed by atoms with van der Waals surface area (Å²) in [5, 5.41) is 0. The van der Waals surface area contributed by atoms with Gasteiger partial charge in [-0.2, -0.15) is 0 Å². The van der Waals surface area contributed by atoms with Crippen molar-refractivity contribution in [2.24, 2.45) is 34.5 Å². The molecule has 2 aliphatic carbocycles. The van der Waals surface area contributed by atoms with E-state index in [9.17, 15) is 0 Å². The van der Waals surface area contributed by atoms with Crippen LogP contribution in [-0.2, 0) is 0 Å². The third-order valence-corrected chi connectivity index (χ3v) is 9.11. The Hall–Kier alpha value is 0.130. The minimum atomic E-state index is 0.608. The zero-order valence-corrected chi connectivity index (χ0v) is 16.7. The van der Waals surface area contributed by atoms with Gasteiger partial charge in [0.1, 0.15) is 7.28 Å². The van der Waals surface area contributed by atoms with Crippen molar-refractivity contribution < 1.29 is 0 Å². The highest BCUT2D eigenvalue weighted by molar-refractivity contribution is 6.50. The average molecular weight is 314 g/mol. The van der Waals surface area contributed by atoms with Crippen LogP contribution in [0.1, 0.15) is 85.5 Å². The Kier molecular flexibility index (Phi) is 5.30. The molecule has 0 nitrogen and oxygen atoms in total. The van der Waals surface area contributed by atoms with E-state index in [1.54, 1.807) is 0 Å². The Bertz CT molecular complexity index is 409. The molecule has 3 aliphatic rings. The van der Waals surface area contributed by atoms with Gasteiger partial charge >= 0.3 is 0 Å². The van der Waals surface area contributed by atoms with Crippen molar-refractivity contribution in [2.45, 2.75) is 97.5 Å². The van der Waals surface area contributed by atoms with Crippen molar-refractivity contribution in [3.05, 3.63) is 0 Å². The van der Waals surface area contributed by atoms with Crippen LogP contribution >= 0.6 is 0 Å². The van der Waals surface area contributed by atoms with E-state index < -0.39 is 0 Å². The van der Waals surface area contributed by atoms with Crippen LogP contribution in [0.15, 0.2) is 0 Å². The van der Waals surface area contributed by atoms with Gasteiger partial charge in [-0.25, -0.2) is 0 Å². The molecule has 23 heavy (non-hydrogen) atoms. The number of hydrogen-bond acceptors (Lipinski definition) is 0.